The second-order valence-corrected chi connectivity index (χ2v) is 3.58. The Hall–Kier alpha value is -2.43. The highest BCUT2D eigenvalue weighted by atomic mass is 16.2. The van der Waals surface area contributed by atoms with E-state index in [1.165, 1.54) is 11.8 Å². The van der Waals surface area contributed by atoms with E-state index in [9.17, 15) is 4.79 Å². The number of nitrogens with zero attached hydrogens (tertiary/aromatic N) is 2. The van der Waals surface area contributed by atoms with Gasteiger partial charge in [0.1, 0.15) is 5.69 Å². The molecule has 0 aliphatic rings. The molecule has 0 atom stereocenters. The predicted molar refractivity (Wildman–Crippen MR) is 64.8 cm³/mol. The van der Waals surface area contributed by atoms with Crippen LogP contribution in [-0.2, 0) is 0 Å². The van der Waals surface area contributed by atoms with Gasteiger partial charge in [-0.3, -0.25) is 9.89 Å². The Bertz CT molecular complexity index is 514. The molecule has 2 rings (SSSR count). The number of aryl methyl sites for hydroxylation is 1. The second kappa shape index (κ2) is 5.07. The molecule has 0 aliphatic heterocycles. The summed E-state index contributed by atoms with van der Waals surface area (Å²) in [5.74, 6) is -0.314. The first-order valence-corrected chi connectivity index (χ1v) is 5.15. The van der Waals surface area contributed by atoms with Crippen molar-refractivity contribution in [2.75, 3.05) is 0 Å². The van der Waals surface area contributed by atoms with Gasteiger partial charge in [0.05, 0.1) is 6.21 Å². The number of aromatic amines is 1. The molecule has 86 valence electrons. The van der Waals surface area contributed by atoms with Crippen LogP contribution in [0, 0.1) is 6.92 Å². The lowest BCUT2D eigenvalue weighted by molar-refractivity contribution is 0.0950. The number of H-pyrrole nitrogens is 1. The molecule has 17 heavy (non-hydrogen) atoms. The zero-order valence-electron chi connectivity index (χ0n) is 9.34. The molecule has 1 aromatic heterocycles. The predicted octanol–water partition coefficient (Wildman–Crippen LogP) is 1.48. The third-order valence-corrected chi connectivity index (χ3v) is 2.20. The van der Waals surface area contributed by atoms with Gasteiger partial charge in [-0.1, -0.05) is 29.8 Å². The molecule has 5 heteroatoms. The van der Waals surface area contributed by atoms with Crippen molar-refractivity contribution in [3.05, 3.63) is 53.3 Å². The number of hydrogen-bond donors (Lipinski definition) is 2. The average molecular weight is 228 g/mol. The standard InChI is InChI=1S/C12H12N4O/c1-9-2-4-10(5-3-9)8-14-16-12(17)11-6-7-13-15-11/h2-8H,1H3,(H,13,15)(H,16,17)/b14-8+. The maximum Gasteiger partial charge on any atom is 0.289 e. The van der Waals surface area contributed by atoms with Crippen LogP contribution in [0.3, 0.4) is 0 Å². The van der Waals surface area contributed by atoms with Crippen LogP contribution in [0.15, 0.2) is 41.6 Å². The van der Waals surface area contributed by atoms with Crippen molar-refractivity contribution in [1.82, 2.24) is 15.6 Å². The molecule has 0 spiro atoms. The summed E-state index contributed by atoms with van der Waals surface area (Å²) in [4.78, 5) is 11.5. The van der Waals surface area contributed by atoms with Crippen molar-refractivity contribution >= 4 is 12.1 Å². The summed E-state index contributed by atoms with van der Waals surface area (Å²) >= 11 is 0. The molecule has 5 nitrogen and oxygen atoms in total. The Morgan fingerprint density at radius 1 is 1.35 bits per heavy atom. The number of hydrazone groups is 1. The molecule has 0 fully saturated rings. The summed E-state index contributed by atoms with van der Waals surface area (Å²) in [5.41, 5.74) is 4.90. The molecule has 1 heterocycles. The van der Waals surface area contributed by atoms with E-state index in [4.69, 9.17) is 0 Å². The van der Waals surface area contributed by atoms with Gasteiger partial charge in [0, 0.05) is 6.20 Å². The van der Waals surface area contributed by atoms with E-state index in [0.29, 0.717) is 5.69 Å². The van der Waals surface area contributed by atoms with Gasteiger partial charge < -0.3 is 0 Å². The number of nitrogens with one attached hydrogen (secondary N) is 2. The zero-order chi connectivity index (χ0) is 12.1. The number of aromatic nitrogens is 2. The number of rotatable bonds is 3. The molecular formula is C12H12N4O. The lowest BCUT2D eigenvalue weighted by Gasteiger charge is -1.96. The fourth-order valence-corrected chi connectivity index (χ4v) is 1.26. The van der Waals surface area contributed by atoms with Crippen molar-refractivity contribution in [2.24, 2.45) is 5.10 Å². The Balaban J connectivity index is 1.94. The Morgan fingerprint density at radius 2 is 2.12 bits per heavy atom. The second-order valence-electron chi connectivity index (χ2n) is 3.58. The maximum absolute atomic E-state index is 11.5. The molecule has 1 aromatic carbocycles. The molecule has 0 radical (unpaired) electrons. The molecule has 0 unspecified atom stereocenters. The van der Waals surface area contributed by atoms with Crippen molar-refractivity contribution < 1.29 is 4.79 Å². The van der Waals surface area contributed by atoms with E-state index >= 15 is 0 Å². The fourth-order valence-electron chi connectivity index (χ4n) is 1.26. The van der Waals surface area contributed by atoms with Gasteiger partial charge in [-0.15, -0.1) is 0 Å². The number of amides is 1. The van der Waals surface area contributed by atoms with Crippen LogP contribution in [0.5, 0.6) is 0 Å². The minimum atomic E-state index is -0.314. The van der Waals surface area contributed by atoms with Crippen LogP contribution < -0.4 is 5.43 Å². The third-order valence-electron chi connectivity index (χ3n) is 2.20. The highest BCUT2D eigenvalue weighted by Crippen LogP contribution is 2.00. The normalized spacial score (nSPS) is 10.6. The van der Waals surface area contributed by atoms with Gasteiger partial charge in [-0.25, -0.2) is 5.43 Å². The van der Waals surface area contributed by atoms with E-state index in [-0.39, 0.29) is 5.91 Å². The minimum Gasteiger partial charge on any atom is -0.273 e. The van der Waals surface area contributed by atoms with Crippen molar-refractivity contribution in [3.63, 3.8) is 0 Å². The maximum atomic E-state index is 11.5. The van der Waals surface area contributed by atoms with Crippen molar-refractivity contribution in [1.29, 1.82) is 0 Å². The summed E-state index contributed by atoms with van der Waals surface area (Å²) in [6, 6.07) is 9.41. The van der Waals surface area contributed by atoms with Crippen molar-refractivity contribution in [3.8, 4) is 0 Å². The number of carbonyl (C=O) groups is 1. The minimum absolute atomic E-state index is 0.314. The summed E-state index contributed by atoms with van der Waals surface area (Å²) in [6.45, 7) is 2.01. The number of hydrogen-bond acceptors (Lipinski definition) is 3. The summed E-state index contributed by atoms with van der Waals surface area (Å²) in [7, 11) is 0. The molecule has 0 aliphatic carbocycles. The van der Waals surface area contributed by atoms with E-state index in [0.717, 1.165) is 5.56 Å². The van der Waals surface area contributed by atoms with Gasteiger partial charge in [0.15, 0.2) is 0 Å². The number of carbonyl (C=O) groups excluding carboxylic acids is 1. The summed E-state index contributed by atoms with van der Waals surface area (Å²) < 4.78 is 0. The first kappa shape index (κ1) is 11.1. The summed E-state index contributed by atoms with van der Waals surface area (Å²) in [5, 5.41) is 10.1. The van der Waals surface area contributed by atoms with E-state index in [2.05, 4.69) is 20.7 Å². The first-order valence-electron chi connectivity index (χ1n) is 5.15. The topological polar surface area (TPSA) is 70.1 Å². The average Bonchev–Trinajstić information content (AvgIpc) is 2.85. The van der Waals surface area contributed by atoms with Crippen LogP contribution in [0.2, 0.25) is 0 Å². The lowest BCUT2D eigenvalue weighted by atomic mass is 10.2. The number of benzene rings is 1. The van der Waals surface area contributed by atoms with E-state index in [1.54, 1.807) is 12.3 Å². The third kappa shape index (κ3) is 3.01. The van der Waals surface area contributed by atoms with Gasteiger partial charge in [0.25, 0.3) is 5.91 Å². The van der Waals surface area contributed by atoms with Crippen LogP contribution >= 0.6 is 0 Å². The van der Waals surface area contributed by atoms with Crippen LogP contribution in [0.1, 0.15) is 21.6 Å². The highest BCUT2D eigenvalue weighted by molar-refractivity contribution is 5.92. The highest BCUT2D eigenvalue weighted by Gasteiger charge is 2.03. The van der Waals surface area contributed by atoms with Crippen LogP contribution in [0.4, 0.5) is 0 Å². The molecule has 0 bridgehead atoms. The van der Waals surface area contributed by atoms with Crippen LogP contribution in [0.25, 0.3) is 0 Å². The quantitative estimate of drug-likeness (QED) is 0.617. The molecule has 1 amide bonds. The molecule has 2 aromatic rings. The Labute approximate surface area is 98.6 Å². The van der Waals surface area contributed by atoms with Crippen molar-refractivity contribution in [2.45, 2.75) is 6.92 Å². The van der Waals surface area contributed by atoms with Gasteiger partial charge in [-0.2, -0.15) is 10.2 Å². The van der Waals surface area contributed by atoms with Gasteiger partial charge >= 0.3 is 0 Å². The molecule has 2 N–H and O–H groups in total. The van der Waals surface area contributed by atoms with Crippen LogP contribution in [-0.4, -0.2) is 22.3 Å². The summed E-state index contributed by atoms with van der Waals surface area (Å²) in [6.07, 6.45) is 3.10. The monoisotopic (exact) mass is 228 g/mol. The smallest absolute Gasteiger partial charge is 0.273 e. The zero-order valence-corrected chi connectivity index (χ0v) is 9.34. The largest absolute Gasteiger partial charge is 0.289 e. The first-order chi connectivity index (χ1) is 8.25. The SMILES string of the molecule is Cc1ccc(/C=N/NC(=O)c2ccn[nH]2)cc1. The Morgan fingerprint density at radius 3 is 2.76 bits per heavy atom. The van der Waals surface area contributed by atoms with Gasteiger partial charge in [0.2, 0.25) is 0 Å². The lowest BCUT2D eigenvalue weighted by Crippen LogP contribution is -2.17. The molecular weight excluding hydrogens is 216 g/mol. The molecule has 0 saturated carbocycles. The van der Waals surface area contributed by atoms with Gasteiger partial charge in [-0.05, 0) is 18.6 Å². The van der Waals surface area contributed by atoms with E-state index in [1.807, 2.05) is 31.2 Å². The fraction of sp³-hybridized carbons (Fsp3) is 0.0833. The Kier molecular flexibility index (Phi) is 3.30. The molecule has 0 saturated heterocycles. The van der Waals surface area contributed by atoms with E-state index < -0.39 is 0 Å².